The van der Waals surface area contributed by atoms with E-state index in [1.807, 2.05) is 31.4 Å². The molecule has 22 heavy (non-hydrogen) atoms. The molecule has 6 nitrogen and oxygen atoms in total. The molecule has 0 bridgehead atoms. The minimum absolute atomic E-state index is 0.289. The van der Waals surface area contributed by atoms with E-state index in [0.717, 1.165) is 38.7 Å². The Morgan fingerprint density at radius 3 is 2.23 bits per heavy atom. The number of hydrogen-bond acceptors (Lipinski definition) is 6. The Morgan fingerprint density at radius 1 is 1.14 bits per heavy atom. The van der Waals surface area contributed by atoms with Crippen LogP contribution in [0.4, 0.5) is 5.95 Å². The molecule has 1 aromatic heterocycles. The zero-order chi connectivity index (χ0) is 16.1. The molecule has 2 heterocycles. The van der Waals surface area contributed by atoms with Gasteiger partial charge < -0.3 is 14.9 Å². The number of β-amino-alcohol motifs (C(OH)–C–C–N with tert-alkyl or cyclic N) is 1. The molecule has 6 heteroatoms. The largest absolute Gasteiger partial charge is 0.390 e. The third kappa shape index (κ3) is 4.90. The van der Waals surface area contributed by atoms with Crippen LogP contribution in [0.1, 0.15) is 25.3 Å². The molecule has 0 aliphatic carbocycles. The highest BCUT2D eigenvalue weighted by Crippen LogP contribution is 2.15. The number of piperazine rings is 1. The number of rotatable bonds is 6. The summed E-state index contributed by atoms with van der Waals surface area (Å²) in [6.45, 7) is 9.45. The van der Waals surface area contributed by atoms with Crippen LogP contribution in [0.15, 0.2) is 12.4 Å². The smallest absolute Gasteiger partial charge is 0.225 e. The molecular formula is C16H29N5O. The van der Waals surface area contributed by atoms with Crippen molar-refractivity contribution in [3.8, 4) is 0 Å². The molecule has 1 atom stereocenters. The number of likely N-dealkylation sites (N-methyl/N-ethyl adjacent to an activating group) is 1. The maximum absolute atomic E-state index is 10.0. The lowest BCUT2D eigenvalue weighted by Crippen LogP contribution is -2.50. The molecule has 1 fully saturated rings. The van der Waals surface area contributed by atoms with Crippen LogP contribution in [0.5, 0.6) is 0 Å². The molecule has 0 radical (unpaired) electrons. The predicted octanol–water partition coefficient (Wildman–Crippen LogP) is 0.645. The summed E-state index contributed by atoms with van der Waals surface area (Å²) in [6.07, 6.45) is 3.57. The van der Waals surface area contributed by atoms with Crippen molar-refractivity contribution >= 4 is 5.95 Å². The molecule has 124 valence electrons. The maximum atomic E-state index is 10.0. The first-order chi connectivity index (χ1) is 10.5. The van der Waals surface area contributed by atoms with Gasteiger partial charge in [0.15, 0.2) is 0 Å². The van der Waals surface area contributed by atoms with Crippen LogP contribution in [-0.2, 0) is 0 Å². The summed E-state index contributed by atoms with van der Waals surface area (Å²) in [4.78, 5) is 15.5. The number of aliphatic hydroxyl groups is 1. The quantitative estimate of drug-likeness (QED) is 0.832. The van der Waals surface area contributed by atoms with Crippen molar-refractivity contribution in [3.63, 3.8) is 0 Å². The van der Waals surface area contributed by atoms with E-state index < -0.39 is 0 Å². The summed E-state index contributed by atoms with van der Waals surface area (Å²) >= 11 is 0. The molecule has 0 spiro atoms. The average molecular weight is 307 g/mol. The van der Waals surface area contributed by atoms with Crippen molar-refractivity contribution in [2.45, 2.75) is 25.9 Å². The van der Waals surface area contributed by atoms with Gasteiger partial charge in [0.05, 0.1) is 6.10 Å². The van der Waals surface area contributed by atoms with E-state index in [0.29, 0.717) is 12.5 Å². The number of hydrogen-bond donors (Lipinski definition) is 1. The van der Waals surface area contributed by atoms with Gasteiger partial charge in [0.25, 0.3) is 0 Å². The standard InChI is InChI=1S/C16H29N5O/c1-13(2)14-9-17-16(18-10-14)21-7-5-20(6-8-21)12-15(22)11-19(3)4/h9-10,13,15,22H,5-8,11-12H2,1-4H3. The highest BCUT2D eigenvalue weighted by atomic mass is 16.3. The molecule has 1 aliphatic rings. The fourth-order valence-electron chi connectivity index (χ4n) is 2.70. The zero-order valence-corrected chi connectivity index (χ0v) is 14.2. The number of aliphatic hydroxyl groups excluding tert-OH is 1. The Hall–Kier alpha value is -1.24. The summed E-state index contributed by atoms with van der Waals surface area (Å²) < 4.78 is 0. The van der Waals surface area contributed by atoms with Gasteiger partial charge in [-0.3, -0.25) is 4.90 Å². The average Bonchev–Trinajstić information content (AvgIpc) is 2.47. The SMILES string of the molecule is CC(C)c1cnc(N2CCN(CC(O)CN(C)C)CC2)nc1. The van der Waals surface area contributed by atoms with Crippen molar-refractivity contribution in [1.29, 1.82) is 0 Å². The Kier molecular flexibility index (Phi) is 6.11. The van der Waals surface area contributed by atoms with E-state index >= 15 is 0 Å². The molecule has 0 aromatic carbocycles. The van der Waals surface area contributed by atoms with Crippen LogP contribution in [0.3, 0.4) is 0 Å². The molecule has 0 amide bonds. The van der Waals surface area contributed by atoms with E-state index in [1.165, 1.54) is 5.56 Å². The fourth-order valence-corrected chi connectivity index (χ4v) is 2.70. The van der Waals surface area contributed by atoms with Gasteiger partial charge in [-0.25, -0.2) is 9.97 Å². The predicted molar refractivity (Wildman–Crippen MR) is 89.3 cm³/mol. The normalized spacial score (nSPS) is 18.2. The molecule has 1 aromatic rings. The van der Waals surface area contributed by atoms with Gasteiger partial charge in [0.2, 0.25) is 5.95 Å². The van der Waals surface area contributed by atoms with E-state index in [9.17, 15) is 5.11 Å². The molecule has 0 saturated carbocycles. The highest BCUT2D eigenvalue weighted by Gasteiger charge is 2.21. The molecule has 1 saturated heterocycles. The summed E-state index contributed by atoms with van der Waals surface area (Å²) in [5.41, 5.74) is 1.18. The Balaban J connectivity index is 1.81. The number of aromatic nitrogens is 2. The lowest BCUT2D eigenvalue weighted by molar-refractivity contribution is 0.0859. The Morgan fingerprint density at radius 2 is 1.73 bits per heavy atom. The first kappa shape index (κ1) is 17.1. The van der Waals surface area contributed by atoms with Gasteiger partial charge in [-0.2, -0.15) is 0 Å². The van der Waals surface area contributed by atoms with Gasteiger partial charge in [-0.05, 0) is 25.6 Å². The first-order valence-electron chi connectivity index (χ1n) is 8.07. The molecule has 2 rings (SSSR count). The topological polar surface area (TPSA) is 55.7 Å². The van der Waals surface area contributed by atoms with Crippen molar-refractivity contribution in [2.24, 2.45) is 0 Å². The monoisotopic (exact) mass is 307 g/mol. The lowest BCUT2D eigenvalue weighted by atomic mass is 10.1. The minimum atomic E-state index is -0.289. The lowest BCUT2D eigenvalue weighted by Gasteiger charge is -2.35. The summed E-state index contributed by atoms with van der Waals surface area (Å²) in [5.74, 6) is 1.28. The van der Waals surface area contributed by atoms with Gasteiger partial charge >= 0.3 is 0 Å². The Labute approximate surface area is 133 Å². The van der Waals surface area contributed by atoms with Gasteiger partial charge in [0, 0.05) is 51.7 Å². The Bertz CT molecular complexity index is 440. The third-order valence-corrected chi connectivity index (χ3v) is 4.02. The minimum Gasteiger partial charge on any atom is -0.390 e. The van der Waals surface area contributed by atoms with Crippen molar-refractivity contribution in [1.82, 2.24) is 19.8 Å². The highest BCUT2D eigenvalue weighted by molar-refractivity contribution is 5.31. The molecule has 1 aliphatic heterocycles. The number of nitrogens with zero attached hydrogens (tertiary/aromatic N) is 5. The van der Waals surface area contributed by atoms with Crippen LogP contribution in [0.25, 0.3) is 0 Å². The van der Waals surface area contributed by atoms with Crippen LogP contribution in [0, 0.1) is 0 Å². The summed E-state index contributed by atoms with van der Waals surface area (Å²) in [7, 11) is 3.97. The molecule has 1 N–H and O–H groups in total. The number of anilines is 1. The van der Waals surface area contributed by atoms with Crippen molar-refractivity contribution < 1.29 is 5.11 Å². The second kappa shape index (κ2) is 7.85. The van der Waals surface area contributed by atoms with Crippen LogP contribution < -0.4 is 4.90 Å². The second-order valence-corrected chi connectivity index (χ2v) is 6.67. The molecule has 1 unspecified atom stereocenters. The van der Waals surface area contributed by atoms with Crippen molar-refractivity contribution in [3.05, 3.63) is 18.0 Å². The fraction of sp³-hybridized carbons (Fsp3) is 0.750. The first-order valence-corrected chi connectivity index (χ1v) is 8.07. The zero-order valence-electron chi connectivity index (χ0n) is 14.2. The van der Waals surface area contributed by atoms with Gasteiger partial charge in [-0.15, -0.1) is 0 Å². The van der Waals surface area contributed by atoms with Crippen LogP contribution in [-0.4, -0.2) is 84.3 Å². The van der Waals surface area contributed by atoms with Gasteiger partial charge in [-0.1, -0.05) is 13.8 Å². The van der Waals surface area contributed by atoms with Crippen molar-refractivity contribution in [2.75, 3.05) is 58.3 Å². The van der Waals surface area contributed by atoms with Crippen LogP contribution >= 0.6 is 0 Å². The van der Waals surface area contributed by atoms with Gasteiger partial charge in [0.1, 0.15) is 0 Å². The molecular weight excluding hydrogens is 278 g/mol. The van der Waals surface area contributed by atoms with E-state index in [4.69, 9.17) is 0 Å². The van der Waals surface area contributed by atoms with E-state index in [1.54, 1.807) is 0 Å². The maximum Gasteiger partial charge on any atom is 0.225 e. The summed E-state index contributed by atoms with van der Waals surface area (Å²) in [6, 6.07) is 0. The van der Waals surface area contributed by atoms with E-state index in [-0.39, 0.29) is 6.10 Å². The third-order valence-electron chi connectivity index (χ3n) is 4.02. The van der Waals surface area contributed by atoms with Crippen LogP contribution in [0.2, 0.25) is 0 Å². The summed E-state index contributed by atoms with van der Waals surface area (Å²) in [5, 5.41) is 10.0. The second-order valence-electron chi connectivity index (χ2n) is 6.67. The van der Waals surface area contributed by atoms with E-state index in [2.05, 4.69) is 33.6 Å².